The van der Waals surface area contributed by atoms with Crippen LogP contribution < -0.4 is 5.32 Å². The number of carbonyl (C=O) groups excluding carboxylic acids is 1. The highest BCUT2D eigenvalue weighted by atomic mass is 32.2. The molecule has 7 nitrogen and oxygen atoms in total. The monoisotopic (exact) mass is 440 g/mol. The number of nitrogens with one attached hydrogen (secondary N) is 1. The molecule has 8 heteroatoms. The smallest absolute Gasteiger partial charge is 0.285 e. The van der Waals surface area contributed by atoms with Crippen LogP contribution in [0.5, 0.6) is 0 Å². The fourth-order valence-electron chi connectivity index (χ4n) is 4.29. The highest BCUT2D eigenvalue weighted by Gasteiger charge is 2.34. The molecular weight excluding hydrogens is 412 g/mol. The van der Waals surface area contributed by atoms with Gasteiger partial charge in [0.25, 0.3) is 10.0 Å². The first-order valence-corrected chi connectivity index (χ1v) is 12.0. The standard InChI is InChI=1S/C23H28N4O3S/c1-26(2)20(17-8-4-3-5-9-17)16-24-23(28)18-12-14-27(15-13-18)22-19-10-6-7-11-21(19)31(29,30)25-22/h3-11,18,20H,12-16H2,1-2H3,(H,24,28). The number of rotatable bonds is 5. The van der Waals surface area contributed by atoms with Crippen LogP contribution in [0.25, 0.3) is 0 Å². The molecule has 0 bridgehead atoms. The van der Waals surface area contributed by atoms with Crippen molar-refractivity contribution in [2.45, 2.75) is 23.8 Å². The van der Waals surface area contributed by atoms with Gasteiger partial charge in [-0.05, 0) is 44.6 Å². The number of amides is 1. The lowest BCUT2D eigenvalue weighted by Crippen LogP contribution is -2.44. The highest BCUT2D eigenvalue weighted by Crippen LogP contribution is 2.29. The maximum Gasteiger partial charge on any atom is 0.285 e. The van der Waals surface area contributed by atoms with Gasteiger partial charge in [0, 0.05) is 31.1 Å². The fraction of sp³-hybridized carbons (Fsp3) is 0.391. The van der Waals surface area contributed by atoms with Crippen LogP contribution in [0.15, 0.2) is 63.9 Å². The van der Waals surface area contributed by atoms with Gasteiger partial charge in [0.1, 0.15) is 4.90 Å². The minimum absolute atomic E-state index is 0.0591. The first kappa shape index (κ1) is 21.5. The van der Waals surface area contributed by atoms with E-state index in [1.54, 1.807) is 18.2 Å². The summed E-state index contributed by atoms with van der Waals surface area (Å²) in [4.78, 5) is 17.2. The second-order valence-corrected chi connectivity index (χ2v) is 9.86. The molecule has 1 saturated heterocycles. The van der Waals surface area contributed by atoms with Crippen molar-refractivity contribution >= 4 is 21.8 Å². The van der Waals surface area contributed by atoms with Crippen LogP contribution >= 0.6 is 0 Å². The van der Waals surface area contributed by atoms with Crippen molar-refractivity contribution in [3.63, 3.8) is 0 Å². The summed E-state index contributed by atoms with van der Waals surface area (Å²) in [6, 6.07) is 17.2. The molecule has 2 heterocycles. The molecule has 1 fully saturated rings. The molecule has 2 aromatic carbocycles. The molecule has 0 aliphatic carbocycles. The Kier molecular flexibility index (Phi) is 6.11. The van der Waals surface area contributed by atoms with Gasteiger partial charge in [-0.15, -0.1) is 4.40 Å². The molecule has 31 heavy (non-hydrogen) atoms. The number of amidine groups is 1. The maximum absolute atomic E-state index is 12.8. The Morgan fingerprint density at radius 2 is 1.74 bits per heavy atom. The third kappa shape index (κ3) is 4.50. The number of benzene rings is 2. The van der Waals surface area contributed by atoms with Crippen molar-refractivity contribution < 1.29 is 13.2 Å². The molecule has 0 spiro atoms. The molecule has 0 saturated carbocycles. The van der Waals surface area contributed by atoms with Crippen LogP contribution in [0.1, 0.15) is 30.0 Å². The lowest BCUT2D eigenvalue weighted by molar-refractivity contribution is -0.126. The van der Waals surface area contributed by atoms with Gasteiger partial charge in [0.15, 0.2) is 5.84 Å². The van der Waals surface area contributed by atoms with Gasteiger partial charge in [0.05, 0.1) is 6.04 Å². The Morgan fingerprint density at radius 3 is 2.42 bits per heavy atom. The van der Waals surface area contributed by atoms with E-state index in [1.807, 2.05) is 43.3 Å². The minimum atomic E-state index is -3.62. The van der Waals surface area contributed by atoms with Gasteiger partial charge in [-0.1, -0.05) is 42.5 Å². The third-order valence-corrected chi connectivity index (χ3v) is 7.38. The van der Waals surface area contributed by atoms with Gasteiger partial charge in [-0.25, -0.2) is 0 Å². The van der Waals surface area contributed by atoms with Gasteiger partial charge >= 0.3 is 0 Å². The lowest BCUT2D eigenvalue weighted by atomic mass is 9.95. The number of fused-ring (bicyclic) bond motifs is 1. The summed E-state index contributed by atoms with van der Waals surface area (Å²) in [6.07, 6.45) is 1.34. The van der Waals surface area contributed by atoms with E-state index in [0.717, 1.165) is 0 Å². The van der Waals surface area contributed by atoms with Crippen LogP contribution in [0.3, 0.4) is 0 Å². The average Bonchev–Trinajstić information content (AvgIpc) is 3.05. The number of piperidine rings is 1. The number of nitrogens with zero attached hydrogens (tertiary/aromatic N) is 3. The number of sulfonamides is 1. The predicted octanol–water partition coefficient (Wildman–Crippen LogP) is 2.27. The summed E-state index contributed by atoms with van der Waals surface area (Å²) in [7, 11) is 0.397. The summed E-state index contributed by atoms with van der Waals surface area (Å²) >= 11 is 0. The first-order valence-electron chi connectivity index (χ1n) is 10.6. The van der Waals surface area contributed by atoms with Crippen LogP contribution in [0.2, 0.25) is 0 Å². The molecule has 2 aliphatic rings. The second-order valence-electron chi connectivity index (χ2n) is 8.28. The normalized spacial score (nSPS) is 19.1. The lowest BCUT2D eigenvalue weighted by Gasteiger charge is -2.33. The quantitative estimate of drug-likeness (QED) is 0.771. The Labute approximate surface area is 183 Å². The zero-order valence-corrected chi connectivity index (χ0v) is 18.7. The Bertz CT molecular complexity index is 1080. The van der Waals surface area contributed by atoms with Crippen molar-refractivity contribution in [2.75, 3.05) is 33.7 Å². The largest absolute Gasteiger partial charge is 0.355 e. The van der Waals surface area contributed by atoms with Crippen LogP contribution in [-0.4, -0.2) is 63.7 Å². The minimum Gasteiger partial charge on any atom is -0.355 e. The molecular formula is C23H28N4O3S. The van der Waals surface area contributed by atoms with E-state index in [1.165, 1.54) is 5.56 Å². The van der Waals surface area contributed by atoms with Crippen molar-refractivity contribution in [1.82, 2.24) is 15.1 Å². The average molecular weight is 441 g/mol. The van der Waals surface area contributed by atoms with E-state index in [4.69, 9.17) is 0 Å². The molecule has 2 aromatic rings. The van der Waals surface area contributed by atoms with E-state index in [9.17, 15) is 13.2 Å². The molecule has 0 radical (unpaired) electrons. The maximum atomic E-state index is 12.8. The van der Waals surface area contributed by atoms with Gasteiger partial charge < -0.3 is 15.1 Å². The number of hydrogen-bond donors (Lipinski definition) is 1. The molecule has 1 N–H and O–H groups in total. The molecule has 1 atom stereocenters. The van der Waals surface area contributed by atoms with Gasteiger partial charge in [-0.3, -0.25) is 4.79 Å². The Hall–Kier alpha value is -2.71. The predicted molar refractivity (Wildman–Crippen MR) is 120 cm³/mol. The fourth-order valence-corrected chi connectivity index (χ4v) is 5.51. The van der Waals surface area contributed by atoms with Gasteiger partial charge in [-0.2, -0.15) is 8.42 Å². The molecule has 1 amide bonds. The Morgan fingerprint density at radius 1 is 1.10 bits per heavy atom. The molecule has 164 valence electrons. The zero-order chi connectivity index (χ0) is 22.0. The van der Waals surface area contributed by atoms with Crippen LogP contribution in [-0.2, 0) is 14.8 Å². The zero-order valence-electron chi connectivity index (χ0n) is 17.9. The van der Waals surface area contributed by atoms with Crippen molar-refractivity contribution in [1.29, 1.82) is 0 Å². The summed E-state index contributed by atoms with van der Waals surface area (Å²) in [6.45, 7) is 1.77. The van der Waals surface area contributed by atoms with E-state index < -0.39 is 10.0 Å². The van der Waals surface area contributed by atoms with Crippen molar-refractivity contribution in [3.8, 4) is 0 Å². The van der Waals surface area contributed by atoms with Crippen LogP contribution in [0.4, 0.5) is 0 Å². The third-order valence-electron chi connectivity index (χ3n) is 6.06. The SMILES string of the molecule is CN(C)C(CNC(=O)C1CCN(C2=NS(=O)(=O)c3ccccc32)CC1)c1ccccc1. The number of likely N-dealkylation sites (N-methyl/N-ethyl adjacent to an activating group) is 1. The number of likely N-dealkylation sites (tertiary alicyclic amines) is 1. The molecule has 2 aliphatic heterocycles. The Balaban J connectivity index is 1.36. The molecule has 1 unspecified atom stereocenters. The number of hydrogen-bond acceptors (Lipinski definition) is 5. The highest BCUT2D eigenvalue weighted by molar-refractivity contribution is 7.90. The van der Waals surface area contributed by atoms with E-state index in [0.29, 0.717) is 43.9 Å². The summed E-state index contributed by atoms with van der Waals surface area (Å²) < 4.78 is 28.6. The first-order chi connectivity index (χ1) is 14.9. The van der Waals surface area contributed by atoms with Crippen molar-refractivity contribution in [2.24, 2.45) is 10.3 Å². The van der Waals surface area contributed by atoms with Gasteiger partial charge in [0.2, 0.25) is 5.91 Å². The summed E-state index contributed by atoms with van der Waals surface area (Å²) in [5.41, 5.74) is 1.82. The van der Waals surface area contributed by atoms with Crippen LogP contribution in [0, 0.1) is 5.92 Å². The molecule has 4 rings (SSSR count). The van der Waals surface area contributed by atoms with Crippen molar-refractivity contribution in [3.05, 3.63) is 65.7 Å². The molecule has 0 aromatic heterocycles. The van der Waals surface area contributed by atoms with E-state index >= 15 is 0 Å². The van der Waals surface area contributed by atoms with E-state index in [2.05, 4.69) is 26.7 Å². The summed E-state index contributed by atoms with van der Waals surface area (Å²) in [5, 5.41) is 3.12. The second kappa shape index (κ2) is 8.80. The topological polar surface area (TPSA) is 82.1 Å². The van der Waals surface area contributed by atoms with E-state index in [-0.39, 0.29) is 22.8 Å². The summed E-state index contributed by atoms with van der Waals surface area (Å²) in [5.74, 6) is 0.485. The number of carbonyl (C=O) groups is 1.